The number of aromatic carboxylic acids is 4. The van der Waals surface area contributed by atoms with Crippen molar-refractivity contribution < 1.29 is 122 Å². The maximum atomic E-state index is 10.6. The molecule has 0 fully saturated rings. The summed E-state index contributed by atoms with van der Waals surface area (Å²) in [7, 11) is -17.8. The number of phenols is 4. The monoisotopic (exact) mass is 1020 g/mol. The summed E-state index contributed by atoms with van der Waals surface area (Å²) in [6, 6.07) is 9.82. The Morgan fingerprint density at radius 2 is 0.545 bits per heavy atom. The second kappa shape index (κ2) is 27.8. The molecule has 4 aromatic carbocycles. The molecule has 4 rings (SSSR count). The van der Waals surface area contributed by atoms with Crippen molar-refractivity contribution in [1.82, 2.24) is 0 Å². The van der Waals surface area contributed by atoms with Crippen LogP contribution in [0.15, 0.2) is 92.4 Å². The van der Waals surface area contributed by atoms with Crippen molar-refractivity contribution in [3.05, 3.63) is 95.1 Å². The molecule has 0 bridgehead atoms. The van der Waals surface area contributed by atoms with Crippen LogP contribution in [0, 0.1) is 0 Å². The average molecular weight is 1020 g/mol. The highest BCUT2D eigenvalue weighted by molar-refractivity contribution is 7.86. The average Bonchev–Trinajstić information content (AvgIpc) is 3.18. The number of carboxylic acids is 4. The molecule has 30 heteroatoms. The first-order valence-electron chi connectivity index (χ1n) is 17.5. The number of aromatic hydroxyl groups is 4. The Morgan fingerprint density at radius 1 is 0.379 bits per heavy atom. The molecule has 14 N–H and O–H groups in total. The van der Waals surface area contributed by atoms with Gasteiger partial charge in [-0.15, -0.1) is 0 Å². The fourth-order valence-corrected chi connectivity index (χ4v) is 5.73. The van der Waals surface area contributed by atoms with Gasteiger partial charge in [0, 0.05) is 13.2 Å². The van der Waals surface area contributed by atoms with Crippen LogP contribution in [0.25, 0.3) is 0 Å². The summed E-state index contributed by atoms with van der Waals surface area (Å²) in [5, 5.41) is 86.3. The first kappa shape index (κ1) is 61.6. The smallest absolute Gasteiger partial charge is 0.339 e. The minimum absolute atomic E-state index is 0.344. The number of rotatable bonds is 12. The summed E-state index contributed by atoms with van der Waals surface area (Å²) >= 11 is 0. The van der Waals surface area contributed by atoms with Gasteiger partial charge in [-0.05, 0) is 85.6 Å². The number of hydrogen-bond donors (Lipinski definition) is 14. The van der Waals surface area contributed by atoms with Gasteiger partial charge in [0.05, 0.1) is 19.6 Å². The number of aliphatic hydroxyl groups is 2. The number of hydrogen-bond acceptors (Lipinski definition) is 18. The van der Waals surface area contributed by atoms with Crippen molar-refractivity contribution in [2.24, 2.45) is 0 Å². The third kappa shape index (κ3) is 22.9. The molecule has 368 valence electrons. The van der Waals surface area contributed by atoms with Crippen LogP contribution in [0.5, 0.6) is 23.0 Å². The van der Waals surface area contributed by atoms with Gasteiger partial charge in [0.25, 0.3) is 40.5 Å². The van der Waals surface area contributed by atoms with Crippen LogP contribution in [0.4, 0.5) is 0 Å². The molecule has 4 aromatic rings. The molecule has 0 unspecified atom stereocenters. The van der Waals surface area contributed by atoms with E-state index in [1.807, 2.05) is 0 Å². The lowest BCUT2D eigenvalue weighted by atomic mass is 10.2. The summed E-state index contributed by atoms with van der Waals surface area (Å²) in [4.78, 5) is 39.6. The maximum absolute atomic E-state index is 10.6. The van der Waals surface area contributed by atoms with Crippen LogP contribution < -0.4 is 0 Å². The van der Waals surface area contributed by atoms with Gasteiger partial charge in [-0.2, -0.15) is 33.7 Å². The van der Waals surface area contributed by atoms with Crippen LogP contribution in [0.1, 0.15) is 81.0 Å². The van der Waals surface area contributed by atoms with Crippen molar-refractivity contribution in [2.45, 2.75) is 59.1 Å². The summed E-state index contributed by atoms with van der Waals surface area (Å²) in [6.45, 7) is 4.79. The van der Waals surface area contributed by atoms with Crippen molar-refractivity contribution >= 4 is 64.3 Å². The zero-order valence-electron chi connectivity index (χ0n) is 34.0. The Hall–Kier alpha value is -6.48. The molecular weight excluding hydrogens is 977 g/mol. The van der Waals surface area contributed by atoms with Crippen LogP contribution in [0.3, 0.4) is 0 Å². The van der Waals surface area contributed by atoms with E-state index >= 15 is 0 Å². The molecule has 0 spiro atoms. The minimum atomic E-state index is -4.45. The van der Waals surface area contributed by atoms with Crippen molar-refractivity contribution in [3.8, 4) is 23.0 Å². The molecule has 0 saturated heterocycles. The normalized spacial score (nSPS) is 10.8. The summed E-state index contributed by atoms with van der Waals surface area (Å²) in [5.74, 6) is -8.17. The standard InChI is InChI=1S/4C7H6O6S.2C4H10O/c4*8-6-2-1-4(14(11,12)13)3-5(6)7(9)10;2*1-2-3-4-5/h4*1-3,8H,(H,9,10)(H,11,12,13);2*5H,2-4H2,1H3. The summed E-state index contributed by atoms with van der Waals surface area (Å²) in [6.07, 6.45) is 4.08. The molecule has 0 heterocycles. The predicted molar refractivity (Wildman–Crippen MR) is 224 cm³/mol. The van der Waals surface area contributed by atoms with Gasteiger partial charge in [0.1, 0.15) is 45.3 Å². The molecule has 0 radical (unpaired) electrons. The van der Waals surface area contributed by atoms with E-state index in [2.05, 4.69) is 13.8 Å². The summed E-state index contributed by atoms with van der Waals surface area (Å²) in [5.41, 5.74) is -2.33. The molecule has 0 aliphatic heterocycles. The highest BCUT2D eigenvalue weighted by Crippen LogP contribution is 2.24. The van der Waals surface area contributed by atoms with Crippen molar-refractivity contribution in [1.29, 1.82) is 0 Å². The first-order valence-corrected chi connectivity index (χ1v) is 23.2. The molecule has 66 heavy (non-hydrogen) atoms. The summed E-state index contributed by atoms with van der Waals surface area (Å²) < 4.78 is 119. The second-order valence-electron chi connectivity index (χ2n) is 12.0. The fourth-order valence-electron chi connectivity index (χ4n) is 3.70. The molecule has 0 amide bonds. The molecule has 26 nitrogen and oxygen atoms in total. The second-order valence-corrected chi connectivity index (χ2v) is 17.7. The molecule has 0 saturated carbocycles. The van der Waals surface area contributed by atoms with Gasteiger partial charge in [-0.25, -0.2) is 19.2 Å². The third-order valence-corrected chi connectivity index (χ3v) is 10.4. The maximum Gasteiger partial charge on any atom is 0.339 e. The Kier molecular flexibility index (Phi) is 25.9. The van der Waals surface area contributed by atoms with Gasteiger partial charge in [0.2, 0.25) is 0 Å². The zero-order chi connectivity index (χ0) is 52.0. The Morgan fingerprint density at radius 3 is 0.636 bits per heavy atom. The van der Waals surface area contributed by atoms with Crippen LogP contribution in [-0.2, 0) is 40.5 Å². The quantitative estimate of drug-likeness (QED) is 0.0907. The molecule has 0 aliphatic carbocycles. The van der Waals surface area contributed by atoms with E-state index in [-0.39, 0.29) is 0 Å². The fraction of sp³-hybridized carbons (Fsp3) is 0.222. The highest BCUT2D eigenvalue weighted by Gasteiger charge is 2.19. The Labute approximate surface area is 375 Å². The van der Waals surface area contributed by atoms with E-state index in [4.69, 9.17) is 69.3 Å². The van der Waals surface area contributed by atoms with Gasteiger partial charge < -0.3 is 51.1 Å². The van der Waals surface area contributed by atoms with Gasteiger partial charge in [-0.3, -0.25) is 18.2 Å². The zero-order valence-corrected chi connectivity index (χ0v) is 37.2. The lowest BCUT2D eigenvalue weighted by Crippen LogP contribution is -2.02. The van der Waals surface area contributed by atoms with E-state index in [9.17, 15) is 52.8 Å². The van der Waals surface area contributed by atoms with E-state index in [0.29, 0.717) is 37.5 Å². The van der Waals surface area contributed by atoms with E-state index in [1.165, 1.54) is 0 Å². The number of unbranched alkanes of at least 4 members (excludes halogenated alkanes) is 2. The van der Waals surface area contributed by atoms with Crippen molar-refractivity contribution in [3.63, 3.8) is 0 Å². The van der Waals surface area contributed by atoms with Gasteiger partial charge in [-0.1, -0.05) is 26.7 Å². The van der Waals surface area contributed by atoms with Gasteiger partial charge >= 0.3 is 23.9 Å². The van der Waals surface area contributed by atoms with E-state index < -0.39 is 129 Å². The minimum Gasteiger partial charge on any atom is -0.507 e. The SMILES string of the molecule is CCCCO.CCCCO.O=C(O)c1cc(S(=O)(=O)O)ccc1O.O=C(O)c1cc(S(=O)(=O)O)ccc1O.O=C(O)c1cc(S(=O)(=O)O)ccc1O.O=C(O)c1cc(S(=O)(=O)O)ccc1O. The Balaban J connectivity index is 0. The molecule has 0 atom stereocenters. The van der Waals surface area contributed by atoms with E-state index in [0.717, 1.165) is 74.2 Å². The molecule has 0 aromatic heterocycles. The van der Waals surface area contributed by atoms with Crippen molar-refractivity contribution in [2.75, 3.05) is 13.2 Å². The lowest BCUT2D eigenvalue weighted by molar-refractivity contribution is 0.0682. The molecule has 0 aliphatic rings. The third-order valence-electron chi connectivity index (χ3n) is 7.01. The predicted octanol–water partition coefficient (Wildman–Crippen LogP) is 2.91. The molecular formula is C36H44O26S4. The van der Waals surface area contributed by atoms with Crippen LogP contribution in [-0.4, -0.2) is 140 Å². The van der Waals surface area contributed by atoms with Gasteiger partial charge in [0.15, 0.2) is 0 Å². The number of aliphatic hydroxyl groups excluding tert-OH is 2. The number of carboxylic acid groups (broad SMARTS) is 4. The Bertz CT molecular complexity index is 2370. The first-order chi connectivity index (χ1) is 30.1. The highest BCUT2D eigenvalue weighted by atomic mass is 32.2. The van der Waals surface area contributed by atoms with Crippen LogP contribution in [0.2, 0.25) is 0 Å². The number of carbonyl (C=O) groups is 4. The lowest BCUT2D eigenvalue weighted by Gasteiger charge is -2.01. The van der Waals surface area contributed by atoms with Crippen LogP contribution >= 0.6 is 0 Å². The topological polar surface area (TPSA) is 488 Å². The largest absolute Gasteiger partial charge is 0.507 e. The number of benzene rings is 4. The van der Waals surface area contributed by atoms with E-state index in [1.54, 1.807) is 0 Å².